The summed E-state index contributed by atoms with van der Waals surface area (Å²) < 4.78 is 36.4. The van der Waals surface area contributed by atoms with Crippen LogP contribution in [0.4, 0.5) is 15.8 Å². The number of anilines is 2. The van der Waals surface area contributed by atoms with Crippen molar-refractivity contribution in [1.82, 2.24) is 4.98 Å². The number of halogens is 1. The fraction of sp³-hybridized carbons (Fsp3) is 0.281. The Bertz CT molecular complexity index is 1730. The van der Waals surface area contributed by atoms with E-state index in [1.807, 2.05) is 0 Å². The van der Waals surface area contributed by atoms with Crippen LogP contribution in [-0.4, -0.2) is 50.8 Å². The number of fused-ring (bicyclic) bond motifs is 1. The molecule has 0 aliphatic heterocycles. The van der Waals surface area contributed by atoms with Gasteiger partial charge in [-0.05, 0) is 69.3 Å². The summed E-state index contributed by atoms with van der Waals surface area (Å²) in [5.41, 5.74) is 0.113. The number of benzene rings is 3. The first-order valence-corrected chi connectivity index (χ1v) is 13.4. The second kappa shape index (κ2) is 12.4. The van der Waals surface area contributed by atoms with E-state index in [2.05, 4.69) is 10.3 Å². The van der Waals surface area contributed by atoms with Crippen molar-refractivity contribution in [2.75, 3.05) is 38.6 Å². The lowest BCUT2D eigenvalue weighted by Gasteiger charge is -2.25. The number of carbonyl (C=O) groups excluding carboxylic acids is 2. The zero-order chi connectivity index (χ0) is 31.5. The van der Waals surface area contributed by atoms with Gasteiger partial charge in [-0.1, -0.05) is 0 Å². The number of aromatic amines is 1. The van der Waals surface area contributed by atoms with Crippen molar-refractivity contribution in [1.29, 1.82) is 0 Å². The van der Waals surface area contributed by atoms with Crippen LogP contribution in [0.25, 0.3) is 10.9 Å². The van der Waals surface area contributed by atoms with Crippen LogP contribution in [0.15, 0.2) is 59.4 Å². The molecule has 0 aliphatic carbocycles. The Kier molecular flexibility index (Phi) is 8.93. The molecule has 3 aromatic carbocycles. The highest BCUT2D eigenvalue weighted by Crippen LogP contribution is 2.34. The molecule has 4 rings (SSSR count). The van der Waals surface area contributed by atoms with Crippen LogP contribution in [0.2, 0.25) is 0 Å². The largest absolute Gasteiger partial charge is 0.497 e. The minimum absolute atomic E-state index is 0.0384. The molecule has 0 saturated carbocycles. The topological polar surface area (TPSA) is 119 Å². The molecular weight excluding hydrogens is 557 g/mol. The summed E-state index contributed by atoms with van der Waals surface area (Å²) in [5.74, 6) is -0.922. The zero-order valence-corrected chi connectivity index (χ0v) is 25.1. The Morgan fingerprint density at radius 2 is 1.65 bits per heavy atom. The van der Waals surface area contributed by atoms with Gasteiger partial charge in [-0.2, -0.15) is 0 Å². The minimum atomic E-state index is -0.727. The first-order valence-electron chi connectivity index (χ1n) is 13.4. The summed E-state index contributed by atoms with van der Waals surface area (Å²) in [6, 6.07) is 13.8. The summed E-state index contributed by atoms with van der Waals surface area (Å²) in [4.78, 5) is 44.5. The van der Waals surface area contributed by atoms with E-state index in [9.17, 15) is 18.8 Å². The standard InChI is InChI=1S/C32H34FN3O7/c1-32(2,3)43-31(39)18-8-11-21(12-9-18)36(17-19-10-13-22(40-5)16-25(19)41-6)30(38)26-28(42-7)23-14-20(33)15-24(34-4)27(23)35-29(26)37/h8-16,34H,17H2,1-7H3,(H,35,37). The molecule has 0 spiro atoms. The van der Waals surface area contributed by atoms with Crippen LogP contribution in [0.3, 0.4) is 0 Å². The molecule has 1 heterocycles. The SMILES string of the molecule is CNc1cc(F)cc2c(OC)c(C(=O)N(Cc3ccc(OC)cc3OC)c3ccc(C(=O)OC(C)(C)C)cc3)c(=O)[nH]c12. The number of hydrogen-bond donors (Lipinski definition) is 2. The van der Waals surface area contributed by atoms with E-state index >= 15 is 0 Å². The molecule has 0 aliphatic rings. The van der Waals surface area contributed by atoms with Gasteiger partial charge in [0.2, 0.25) is 0 Å². The van der Waals surface area contributed by atoms with E-state index in [-0.39, 0.29) is 34.3 Å². The fourth-order valence-corrected chi connectivity index (χ4v) is 4.62. The molecule has 0 fully saturated rings. The Balaban J connectivity index is 1.88. The van der Waals surface area contributed by atoms with Gasteiger partial charge < -0.3 is 34.1 Å². The predicted molar refractivity (Wildman–Crippen MR) is 162 cm³/mol. The third-order valence-electron chi connectivity index (χ3n) is 6.61. The number of nitrogens with one attached hydrogen (secondary N) is 2. The predicted octanol–water partition coefficient (Wildman–Crippen LogP) is 5.54. The third-order valence-corrected chi connectivity index (χ3v) is 6.61. The van der Waals surface area contributed by atoms with Crippen molar-refractivity contribution in [2.24, 2.45) is 0 Å². The number of H-pyrrole nitrogens is 1. The monoisotopic (exact) mass is 591 g/mol. The number of aromatic nitrogens is 1. The molecule has 11 heteroatoms. The van der Waals surface area contributed by atoms with Gasteiger partial charge in [0.1, 0.15) is 34.2 Å². The van der Waals surface area contributed by atoms with E-state index in [0.717, 1.165) is 0 Å². The lowest BCUT2D eigenvalue weighted by atomic mass is 10.1. The first kappa shape index (κ1) is 30.9. The highest BCUT2D eigenvalue weighted by atomic mass is 19.1. The lowest BCUT2D eigenvalue weighted by molar-refractivity contribution is 0.00694. The van der Waals surface area contributed by atoms with E-state index in [1.165, 1.54) is 50.5 Å². The van der Waals surface area contributed by atoms with E-state index in [1.54, 1.807) is 58.2 Å². The van der Waals surface area contributed by atoms with Gasteiger partial charge in [-0.3, -0.25) is 9.59 Å². The molecule has 43 heavy (non-hydrogen) atoms. The average molecular weight is 592 g/mol. The van der Waals surface area contributed by atoms with Gasteiger partial charge in [0, 0.05) is 29.8 Å². The van der Waals surface area contributed by atoms with Crippen LogP contribution >= 0.6 is 0 Å². The van der Waals surface area contributed by atoms with Crippen LogP contribution in [-0.2, 0) is 11.3 Å². The summed E-state index contributed by atoms with van der Waals surface area (Å²) in [5, 5.41) is 3.05. The lowest BCUT2D eigenvalue weighted by Crippen LogP contribution is -2.35. The summed E-state index contributed by atoms with van der Waals surface area (Å²) >= 11 is 0. The average Bonchev–Trinajstić information content (AvgIpc) is 2.98. The number of rotatable bonds is 9. The number of methoxy groups -OCH3 is 3. The van der Waals surface area contributed by atoms with Crippen molar-refractivity contribution in [2.45, 2.75) is 32.9 Å². The molecule has 0 atom stereocenters. The normalized spacial score (nSPS) is 11.2. The van der Waals surface area contributed by atoms with Gasteiger partial charge in [0.15, 0.2) is 0 Å². The maximum absolute atomic E-state index is 14.6. The Morgan fingerprint density at radius 1 is 0.953 bits per heavy atom. The van der Waals surface area contributed by atoms with Gasteiger partial charge >= 0.3 is 5.97 Å². The summed E-state index contributed by atoms with van der Waals surface area (Å²) in [7, 11) is 5.91. The number of ether oxygens (including phenoxy) is 4. The molecule has 1 amide bonds. The number of pyridine rings is 1. The number of carbonyl (C=O) groups is 2. The molecule has 4 aromatic rings. The van der Waals surface area contributed by atoms with E-state index in [0.29, 0.717) is 28.4 Å². The number of hydrogen-bond acceptors (Lipinski definition) is 8. The molecule has 10 nitrogen and oxygen atoms in total. The van der Waals surface area contributed by atoms with Crippen LogP contribution in [0, 0.1) is 5.82 Å². The van der Waals surface area contributed by atoms with E-state index in [4.69, 9.17) is 18.9 Å². The van der Waals surface area contributed by atoms with Crippen molar-refractivity contribution < 1.29 is 32.9 Å². The molecule has 226 valence electrons. The molecule has 0 bridgehead atoms. The molecule has 0 saturated heterocycles. The van der Waals surface area contributed by atoms with Crippen molar-refractivity contribution >= 4 is 34.2 Å². The second-order valence-electron chi connectivity index (χ2n) is 10.6. The highest BCUT2D eigenvalue weighted by molar-refractivity contribution is 6.11. The molecule has 0 radical (unpaired) electrons. The fourth-order valence-electron chi connectivity index (χ4n) is 4.62. The van der Waals surface area contributed by atoms with Crippen LogP contribution in [0.5, 0.6) is 17.2 Å². The number of amides is 1. The Hall–Kier alpha value is -5.06. The maximum atomic E-state index is 14.6. The van der Waals surface area contributed by atoms with E-state index < -0.39 is 28.9 Å². The third kappa shape index (κ3) is 6.56. The molecular formula is C32H34FN3O7. The Labute approximate surface area is 248 Å². The minimum Gasteiger partial charge on any atom is -0.497 e. The van der Waals surface area contributed by atoms with Crippen LogP contribution in [0.1, 0.15) is 47.1 Å². The smallest absolute Gasteiger partial charge is 0.338 e. The molecule has 1 aromatic heterocycles. The number of nitrogens with zero attached hydrogens (tertiary/aromatic N) is 1. The van der Waals surface area contributed by atoms with Crippen molar-refractivity contribution in [3.63, 3.8) is 0 Å². The Morgan fingerprint density at radius 3 is 2.23 bits per heavy atom. The second-order valence-corrected chi connectivity index (χ2v) is 10.6. The highest BCUT2D eigenvalue weighted by Gasteiger charge is 2.29. The van der Waals surface area contributed by atoms with Gasteiger partial charge in [-0.25, -0.2) is 9.18 Å². The summed E-state index contributed by atoms with van der Waals surface area (Å²) in [6.45, 7) is 5.26. The first-order chi connectivity index (χ1) is 20.4. The zero-order valence-electron chi connectivity index (χ0n) is 25.1. The molecule has 2 N–H and O–H groups in total. The quantitative estimate of drug-likeness (QED) is 0.244. The van der Waals surface area contributed by atoms with Gasteiger partial charge in [0.05, 0.1) is 44.6 Å². The van der Waals surface area contributed by atoms with Crippen molar-refractivity contribution in [3.8, 4) is 17.2 Å². The van der Waals surface area contributed by atoms with Gasteiger partial charge in [0.25, 0.3) is 11.5 Å². The summed E-state index contributed by atoms with van der Waals surface area (Å²) in [6.07, 6.45) is 0. The molecule has 0 unspecified atom stereocenters. The van der Waals surface area contributed by atoms with Gasteiger partial charge in [-0.15, -0.1) is 0 Å². The van der Waals surface area contributed by atoms with Crippen molar-refractivity contribution in [3.05, 3.63) is 87.5 Å². The van der Waals surface area contributed by atoms with Crippen LogP contribution < -0.4 is 30.0 Å². The number of esters is 1. The maximum Gasteiger partial charge on any atom is 0.338 e.